The predicted molar refractivity (Wildman–Crippen MR) is 89.7 cm³/mol. The first kappa shape index (κ1) is 17.6. The summed E-state index contributed by atoms with van der Waals surface area (Å²) in [6.07, 6.45) is 0.307. The third-order valence-corrected chi connectivity index (χ3v) is 4.30. The van der Waals surface area contributed by atoms with E-state index in [4.69, 9.17) is 16.3 Å². The molecule has 2 rings (SSSR count). The average molecular weight is 339 g/mol. The highest BCUT2D eigenvalue weighted by Crippen LogP contribution is 2.25. The Morgan fingerprint density at radius 1 is 1.17 bits per heavy atom. The zero-order chi connectivity index (χ0) is 17.0. The lowest BCUT2D eigenvalue weighted by Crippen LogP contribution is -2.51. The molecule has 1 aliphatic heterocycles. The van der Waals surface area contributed by atoms with Crippen LogP contribution in [0.5, 0.6) is 5.75 Å². The number of halogens is 1. The monoisotopic (exact) mass is 338 g/mol. The van der Waals surface area contributed by atoms with Gasteiger partial charge in [0.25, 0.3) is 0 Å². The molecule has 0 spiro atoms. The number of hydrogen-bond donors (Lipinski definition) is 0. The quantitative estimate of drug-likeness (QED) is 0.845. The van der Waals surface area contributed by atoms with Crippen molar-refractivity contribution >= 4 is 23.4 Å². The first-order valence-corrected chi connectivity index (χ1v) is 8.19. The zero-order valence-electron chi connectivity index (χ0n) is 13.8. The molecule has 1 fully saturated rings. The van der Waals surface area contributed by atoms with Gasteiger partial charge >= 0.3 is 0 Å². The first-order valence-electron chi connectivity index (χ1n) is 7.81. The molecule has 1 heterocycles. The van der Waals surface area contributed by atoms with Crippen molar-refractivity contribution in [3.8, 4) is 5.75 Å². The number of benzene rings is 1. The second kappa shape index (κ2) is 7.68. The molecule has 0 radical (unpaired) electrons. The molecule has 0 aliphatic carbocycles. The van der Waals surface area contributed by atoms with Crippen LogP contribution in [0.2, 0.25) is 5.02 Å². The Balaban J connectivity index is 1.90. The molecule has 0 bridgehead atoms. The Labute approximate surface area is 142 Å². The molecule has 126 valence electrons. The summed E-state index contributed by atoms with van der Waals surface area (Å²) in [7, 11) is 1.56. The SMILES string of the molecule is COc1ccc(CC(=O)N2CCN(C(=O)C(C)C)CC2)cc1Cl. The Hall–Kier alpha value is -1.75. The van der Waals surface area contributed by atoms with Gasteiger partial charge < -0.3 is 14.5 Å². The summed E-state index contributed by atoms with van der Waals surface area (Å²) in [5.74, 6) is 0.810. The van der Waals surface area contributed by atoms with Crippen molar-refractivity contribution in [2.24, 2.45) is 5.92 Å². The van der Waals surface area contributed by atoms with Crippen LogP contribution < -0.4 is 4.74 Å². The molecule has 0 N–H and O–H groups in total. The summed E-state index contributed by atoms with van der Waals surface area (Å²) in [6, 6.07) is 5.38. The number of amides is 2. The highest BCUT2D eigenvalue weighted by Gasteiger charge is 2.25. The summed E-state index contributed by atoms with van der Waals surface area (Å²) in [6.45, 7) is 6.17. The lowest BCUT2D eigenvalue weighted by atomic mass is 10.1. The Morgan fingerprint density at radius 2 is 1.78 bits per heavy atom. The molecular weight excluding hydrogens is 316 g/mol. The van der Waals surface area contributed by atoms with Crippen molar-refractivity contribution in [3.63, 3.8) is 0 Å². The van der Waals surface area contributed by atoms with Crippen LogP contribution in [-0.4, -0.2) is 54.9 Å². The van der Waals surface area contributed by atoms with Crippen LogP contribution in [0.25, 0.3) is 0 Å². The van der Waals surface area contributed by atoms with E-state index in [9.17, 15) is 9.59 Å². The molecule has 6 heteroatoms. The molecule has 1 aromatic rings. The highest BCUT2D eigenvalue weighted by atomic mass is 35.5. The smallest absolute Gasteiger partial charge is 0.227 e. The first-order chi connectivity index (χ1) is 10.9. The van der Waals surface area contributed by atoms with Gasteiger partial charge in [-0.1, -0.05) is 31.5 Å². The normalized spacial score (nSPS) is 15.0. The van der Waals surface area contributed by atoms with E-state index in [1.54, 1.807) is 19.2 Å². The lowest BCUT2D eigenvalue weighted by molar-refractivity contribution is -0.141. The van der Waals surface area contributed by atoms with Crippen LogP contribution in [-0.2, 0) is 16.0 Å². The van der Waals surface area contributed by atoms with Crippen LogP contribution in [0, 0.1) is 5.92 Å². The van der Waals surface area contributed by atoms with Crippen molar-refractivity contribution in [1.82, 2.24) is 9.80 Å². The molecule has 2 amide bonds. The summed E-state index contributed by atoms with van der Waals surface area (Å²) < 4.78 is 5.11. The second-order valence-electron chi connectivity index (χ2n) is 6.01. The minimum atomic E-state index is -0.00121. The van der Waals surface area contributed by atoms with E-state index in [0.717, 1.165) is 5.56 Å². The molecule has 1 aromatic carbocycles. The van der Waals surface area contributed by atoms with Gasteiger partial charge in [0.15, 0.2) is 0 Å². The van der Waals surface area contributed by atoms with E-state index in [0.29, 0.717) is 43.4 Å². The van der Waals surface area contributed by atoms with E-state index in [2.05, 4.69) is 0 Å². The number of methoxy groups -OCH3 is 1. The van der Waals surface area contributed by atoms with E-state index < -0.39 is 0 Å². The molecule has 5 nitrogen and oxygen atoms in total. The lowest BCUT2D eigenvalue weighted by Gasteiger charge is -2.35. The van der Waals surface area contributed by atoms with Gasteiger partial charge in [-0.2, -0.15) is 0 Å². The minimum Gasteiger partial charge on any atom is -0.495 e. The van der Waals surface area contributed by atoms with Gasteiger partial charge in [-0.3, -0.25) is 9.59 Å². The van der Waals surface area contributed by atoms with Crippen LogP contribution in [0.1, 0.15) is 19.4 Å². The number of nitrogens with zero attached hydrogens (tertiary/aromatic N) is 2. The van der Waals surface area contributed by atoms with Gasteiger partial charge in [0.1, 0.15) is 5.75 Å². The Morgan fingerprint density at radius 3 is 2.30 bits per heavy atom. The standard InChI is InChI=1S/C17H23ClN2O3/c1-12(2)17(22)20-8-6-19(7-9-20)16(21)11-13-4-5-15(23-3)14(18)10-13/h4-5,10,12H,6-9,11H2,1-3H3. The molecule has 0 saturated carbocycles. The maximum atomic E-state index is 12.4. The van der Waals surface area contributed by atoms with E-state index in [1.807, 2.05) is 29.7 Å². The van der Waals surface area contributed by atoms with Crippen LogP contribution in [0.3, 0.4) is 0 Å². The van der Waals surface area contributed by atoms with Crippen LogP contribution in [0.15, 0.2) is 18.2 Å². The molecule has 23 heavy (non-hydrogen) atoms. The van der Waals surface area contributed by atoms with Gasteiger partial charge in [-0.15, -0.1) is 0 Å². The number of piperazine rings is 1. The maximum absolute atomic E-state index is 12.4. The van der Waals surface area contributed by atoms with Gasteiger partial charge in [0, 0.05) is 32.1 Å². The topological polar surface area (TPSA) is 49.9 Å². The van der Waals surface area contributed by atoms with Crippen molar-refractivity contribution in [1.29, 1.82) is 0 Å². The van der Waals surface area contributed by atoms with Crippen molar-refractivity contribution in [2.45, 2.75) is 20.3 Å². The molecule has 0 aromatic heterocycles. The van der Waals surface area contributed by atoms with Crippen LogP contribution >= 0.6 is 11.6 Å². The predicted octanol–water partition coefficient (Wildman–Crippen LogP) is 2.22. The maximum Gasteiger partial charge on any atom is 0.227 e. The fourth-order valence-corrected chi connectivity index (χ4v) is 2.93. The molecular formula is C17H23ClN2O3. The van der Waals surface area contributed by atoms with Gasteiger partial charge in [-0.25, -0.2) is 0 Å². The average Bonchev–Trinajstić information content (AvgIpc) is 2.54. The van der Waals surface area contributed by atoms with Crippen molar-refractivity contribution in [2.75, 3.05) is 33.3 Å². The van der Waals surface area contributed by atoms with Crippen molar-refractivity contribution < 1.29 is 14.3 Å². The third kappa shape index (κ3) is 4.38. The van der Waals surface area contributed by atoms with Gasteiger partial charge in [0.2, 0.25) is 11.8 Å². The van der Waals surface area contributed by atoms with Crippen molar-refractivity contribution in [3.05, 3.63) is 28.8 Å². The largest absolute Gasteiger partial charge is 0.495 e. The number of carbonyl (C=O) groups excluding carboxylic acids is 2. The number of ether oxygens (including phenoxy) is 1. The number of hydrogen-bond acceptors (Lipinski definition) is 3. The van der Waals surface area contributed by atoms with Gasteiger partial charge in [0.05, 0.1) is 18.6 Å². The number of carbonyl (C=O) groups is 2. The fourth-order valence-electron chi connectivity index (χ4n) is 2.65. The summed E-state index contributed by atoms with van der Waals surface area (Å²) in [4.78, 5) is 28.0. The zero-order valence-corrected chi connectivity index (χ0v) is 14.6. The van der Waals surface area contributed by atoms with E-state index >= 15 is 0 Å². The Kier molecular flexibility index (Phi) is 5.88. The summed E-state index contributed by atoms with van der Waals surface area (Å²) >= 11 is 6.09. The highest BCUT2D eigenvalue weighted by molar-refractivity contribution is 6.32. The Bertz CT molecular complexity index is 581. The number of rotatable bonds is 4. The molecule has 1 aliphatic rings. The molecule has 0 atom stereocenters. The van der Waals surface area contributed by atoms with E-state index in [1.165, 1.54) is 0 Å². The minimum absolute atomic E-state index is 0.00121. The summed E-state index contributed by atoms with van der Waals surface area (Å²) in [5, 5.41) is 0.505. The van der Waals surface area contributed by atoms with E-state index in [-0.39, 0.29) is 17.7 Å². The van der Waals surface area contributed by atoms with Gasteiger partial charge in [-0.05, 0) is 17.7 Å². The molecule has 1 saturated heterocycles. The second-order valence-corrected chi connectivity index (χ2v) is 6.41. The summed E-state index contributed by atoms with van der Waals surface area (Å²) in [5.41, 5.74) is 0.862. The third-order valence-electron chi connectivity index (χ3n) is 4.01. The molecule has 0 unspecified atom stereocenters. The van der Waals surface area contributed by atoms with Crippen LogP contribution in [0.4, 0.5) is 0 Å². The fraction of sp³-hybridized carbons (Fsp3) is 0.529.